The second-order valence-electron chi connectivity index (χ2n) is 9.79. The number of nitrogens with one attached hydrogen (secondary N) is 1. The van der Waals surface area contributed by atoms with Crippen LogP contribution in [0.1, 0.15) is 56.6 Å². The van der Waals surface area contributed by atoms with Gasteiger partial charge >= 0.3 is 12.1 Å². The number of hydrogen-bond acceptors (Lipinski definition) is 4. The van der Waals surface area contributed by atoms with Crippen LogP contribution in [0.2, 0.25) is 0 Å². The Kier molecular flexibility index (Phi) is 7.73. The van der Waals surface area contributed by atoms with Crippen LogP contribution in [-0.4, -0.2) is 53.7 Å². The molecule has 0 saturated carbocycles. The van der Waals surface area contributed by atoms with E-state index in [2.05, 4.69) is 29.6 Å². The second-order valence-corrected chi connectivity index (χ2v) is 9.79. The Morgan fingerprint density at radius 1 is 1.06 bits per heavy atom. The number of carboxylic acids is 1. The number of alkyl carbamates (subject to hydrolysis) is 1. The third-order valence-electron chi connectivity index (χ3n) is 7.28. The molecule has 4 rings (SSSR count). The van der Waals surface area contributed by atoms with Crippen molar-refractivity contribution in [3.63, 3.8) is 0 Å². The van der Waals surface area contributed by atoms with E-state index >= 15 is 0 Å². The molecule has 0 bridgehead atoms. The normalized spacial score (nSPS) is 19.7. The van der Waals surface area contributed by atoms with Gasteiger partial charge in [0.15, 0.2) is 0 Å². The van der Waals surface area contributed by atoms with E-state index in [9.17, 15) is 14.4 Å². The van der Waals surface area contributed by atoms with E-state index in [0.29, 0.717) is 19.5 Å². The fourth-order valence-corrected chi connectivity index (χ4v) is 5.45. The van der Waals surface area contributed by atoms with Gasteiger partial charge in [-0.2, -0.15) is 0 Å². The van der Waals surface area contributed by atoms with Gasteiger partial charge in [0.25, 0.3) is 0 Å². The molecule has 0 unspecified atom stereocenters. The predicted octanol–water partition coefficient (Wildman–Crippen LogP) is 4.65. The van der Waals surface area contributed by atoms with Crippen LogP contribution >= 0.6 is 0 Å². The monoisotopic (exact) mass is 478 g/mol. The molecule has 1 aliphatic heterocycles. The van der Waals surface area contributed by atoms with E-state index in [1.165, 1.54) is 11.1 Å². The molecule has 1 fully saturated rings. The smallest absolute Gasteiger partial charge is 0.407 e. The minimum absolute atomic E-state index is 0.0170. The Balaban J connectivity index is 1.33. The SMILES string of the molecule is CCC[C@H](CC(=O)N1C[C@@H](CC(=O)O)[C@H](C)C1)NC(=O)OCC1c2ccccc2-c2ccccc21. The average molecular weight is 479 g/mol. The van der Waals surface area contributed by atoms with E-state index in [0.717, 1.165) is 17.5 Å². The van der Waals surface area contributed by atoms with Gasteiger partial charge in [-0.1, -0.05) is 68.8 Å². The van der Waals surface area contributed by atoms with E-state index < -0.39 is 12.1 Å². The molecule has 35 heavy (non-hydrogen) atoms. The molecular weight excluding hydrogens is 444 g/mol. The van der Waals surface area contributed by atoms with Gasteiger partial charge in [-0.05, 0) is 40.5 Å². The molecule has 7 nitrogen and oxygen atoms in total. The number of fused-ring (bicyclic) bond motifs is 3. The van der Waals surface area contributed by atoms with Crippen molar-refractivity contribution in [3.8, 4) is 11.1 Å². The van der Waals surface area contributed by atoms with Crippen molar-refractivity contribution in [2.75, 3.05) is 19.7 Å². The first-order valence-corrected chi connectivity index (χ1v) is 12.5. The number of likely N-dealkylation sites (tertiary alicyclic amines) is 1. The Labute approximate surface area is 206 Å². The Morgan fingerprint density at radius 2 is 1.69 bits per heavy atom. The fraction of sp³-hybridized carbons (Fsp3) is 0.464. The first-order valence-electron chi connectivity index (χ1n) is 12.5. The molecule has 186 valence electrons. The van der Waals surface area contributed by atoms with Crippen LogP contribution in [0.25, 0.3) is 11.1 Å². The molecule has 2 amide bonds. The van der Waals surface area contributed by atoms with Gasteiger partial charge in [-0.25, -0.2) is 4.79 Å². The van der Waals surface area contributed by atoms with Crippen molar-refractivity contribution in [3.05, 3.63) is 59.7 Å². The standard InChI is InChI=1S/C28H34N2O5/c1-3-8-20(14-26(31)30-15-18(2)19(16-30)13-27(32)33)29-28(34)35-17-25-23-11-6-4-9-21(23)22-10-5-7-12-24(22)25/h4-7,9-12,18-20,25H,3,8,13-17H2,1-2H3,(H,29,34)(H,32,33)/t18-,19-,20-/m1/s1. The number of hydrogen-bond donors (Lipinski definition) is 2. The Hall–Kier alpha value is -3.35. The van der Waals surface area contributed by atoms with E-state index in [1.54, 1.807) is 4.90 Å². The minimum Gasteiger partial charge on any atom is -0.481 e. The summed E-state index contributed by atoms with van der Waals surface area (Å²) in [6.07, 6.45) is 1.22. The number of carboxylic acid groups (broad SMARTS) is 1. The van der Waals surface area contributed by atoms with Gasteiger partial charge in [0, 0.05) is 31.5 Å². The molecule has 1 heterocycles. The molecule has 1 aliphatic carbocycles. The van der Waals surface area contributed by atoms with E-state index in [4.69, 9.17) is 9.84 Å². The van der Waals surface area contributed by atoms with Crippen molar-refractivity contribution in [1.29, 1.82) is 0 Å². The maximum Gasteiger partial charge on any atom is 0.407 e. The lowest BCUT2D eigenvalue weighted by molar-refractivity contribution is -0.138. The number of ether oxygens (including phenoxy) is 1. The van der Waals surface area contributed by atoms with Crippen LogP contribution in [-0.2, 0) is 14.3 Å². The van der Waals surface area contributed by atoms with Gasteiger partial charge in [0.05, 0.1) is 6.42 Å². The van der Waals surface area contributed by atoms with Crippen LogP contribution in [0.3, 0.4) is 0 Å². The number of carbonyl (C=O) groups is 3. The lowest BCUT2D eigenvalue weighted by Gasteiger charge is -2.22. The van der Waals surface area contributed by atoms with Crippen molar-refractivity contribution >= 4 is 18.0 Å². The number of amides is 2. The highest BCUT2D eigenvalue weighted by Gasteiger charge is 2.34. The summed E-state index contributed by atoms with van der Waals surface area (Å²) in [5.74, 6) is -0.790. The summed E-state index contributed by atoms with van der Waals surface area (Å²) in [6.45, 7) is 5.24. The van der Waals surface area contributed by atoms with Crippen LogP contribution in [0.5, 0.6) is 0 Å². The number of rotatable bonds is 9. The van der Waals surface area contributed by atoms with Gasteiger partial charge < -0.3 is 20.1 Å². The number of nitrogens with zero attached hydrogens (tertiary/aromatic N) is 1. The number of aliphatic carboxylic acids is 1. The molecule has 2 aromatic rings. The number of benzene rings is 2. The molecule has 0 aromatic heterocycles. The summed E-state index contributed by atoms with van der Waals surface area (Å²) in [5, 5.41) is 12.0. The second kappa shape index (κ2) is 10.9. The summed E-state index contributed by atoms with van der Waals surface area (Å²) in [5.41, 5.74) is 4.65. The van der Waals surface area contributed by atoms with E-state index in [1.807, 2.05) is 38.1 Å². The maximum absolute atomic E-state index is 12.9. The summed E-state index contributed by atoms with van der Waals surface area (Å²) in [7, 11) is 0. The molecule has 2 aliphatic rings. The lowest BCUT2D eigenvalue weighted by atomic mass is 9.95. The highest BCUT2D eigenvalue weighted by molar-refractivity contribution is 5.80. The van der Waals surface area contributed by atoms with Crippen molar-refractivity contribution in [1.82, 2.24) is 10.2 Å². The lowest BCUT2D eigenvalue weighted by Crippen LogP contribution is -2.40. The Morgan fingerprint density at radius 3 is 2.29 bits per heavy atom. The largest absolute Gasteiger partial charge is 0.481 e. The van der Waals surface area contributed by atoms with Crippen LogP contribution in [0.4, 0.5) is 4.79 Å². The summed E-state index contributed by atoms with van der Waals surface area (Å²) < 4.78 is 5.66. The molecular formula is C28H34N2O5. The van der Waals surface area contributed by atoms with Gasteiger partial charge in [0.1, 0.15) is 6.61 Å². The highest BCUT2D eigenvalue weighted by atomic mass is 16.5. The first kappa shape index (κ1) is 24.8. The fourth-order valence-electron chi connectivity index (χ4n) is 5.45. The third kappa shape index (κ3) is 5.66. The topological polar surface area (TPSA) is 95.9 Å². The van der Waals surface area contributed by atoms with Gasteiger partial charge in [0.2, 0.25) is 5.91 Å². The quantitative estimate of drug-likeness (QED) is 0.547. The van der Waals surface area contributed by atoms with Crippen LogP contribution in [0.15, 0.2) is 48.5 Å². The zero-order valence-corrected chi connectivity index (χ0v) is 20.4. The molecule has 0 radical (unpaired) electrons. The van der Waals surface area contributed by atoms with Gasteiger partial charge in [-0.3, -0.25) is 9.59 Å². The van der Waals surface area contributed by atoms with Crippen LogP contribution < -0.4 is 5.32 Å². The molecule has 2 N–H and O–H groups in total. The average Bonchev–Trinajstić information content (AvgIpc) is 3.35. The summed E-state index contributed by atoms with van der Waals surface area (Å²) in [4.78, 5) is 38.5. The van der Waals surface area contributed by atoms with Crippen LogP contribution in [0, 0.1) is 11.8 Å². The molecule has 0 spiro atoms. The zero-order valence-electron chi connectivity index (χ0n) is 20.4. The maximum atomic E-state index is 12.9. The Bertz CT molecular complexity index is 1040. The molecule has 7 heteroatoms. The minimum atomic E-state index is -0.836. The molecule has 3 atom stereocenters. The predicted molar refractivity (Wildman–Crippen MR) is 133 cm³/mol. The van der Waals surface area contributed by atoms with Crippen molar-refractivity contribution in [2.45, 2.75) is 51.5 Å². The van der Waals surface area contributed by atoms with E-state index in [-0.39, 0.29) is 49.2 Å². The van der Waals surface area contributed by atoms with Crippen molar-refractivity contribution < 1.29 is 24.2 Å². The number of carbonyl (C=O) groups excluding carboxylic acids is 2. The summed E-state index contributed by atoms with van der Waals surface area (Å²) >= 11 is 0. The molecule has 1 saturated heterocycles. The highest BCUT2D eigenvalue weighted by Crippen LogP contribution is 2.44. The zero-order chi connectivity index (χ0) is 24.9. The first-order chi connectivity index (χ1) is 16.9. The third-order valence-corrected chi connectivity index (χ3v) is 7.28. The summed E-state index contributed by atoms with van der Waals surface area (Å²) in [6, 6.07) is 16.1. The molecule has 2 aromatic carbocycles. The van der Waals surface area contributed by atoms with Gasteiger partial charge in [-0.15, -0.1) is 0 Å². The van der Waals surface area contributed by atoms with Crippen molar-refractivity contribution in [2.24, 2.45) is 11.8 Å².